The van der Waals surface area contributed by atoms with E-state index in [1.807, 2.05) is 6.08 Å². The fraction of sp³-hybridized carbons (Fsp3) is 0.690. The van der Waals surface area contributed by atoms with Crippen molar-refractivity contribution in [1.29, 1.82) is 0 Å². The van der Waals surface area contributed by atoms with Crippen molar-refractivity contribution in [2.75, 3.05) is 0 Å². The van der Waals surface area contributed by atoms with Crippen molar-refractivity contribution in [2.24, 2.45) is 0 Å². The van der Waals surface area contributed by atoms with Gasteiger partial charge in [0.1, 0.15) is 0 Å². The van der Waals surface area contributed by atoms with Crippen molar-refractivity contribution >= 4 is 22.2 Å². The Kier molecular flexibility index (Phi) is 19.4. The van der Waals surface area contributed by atoms with E-state index < -0.39 is 18.4 Å². The van der Waals surface area contributed by atoms with Gasteiger partial charge in [-0.25, -0.2) is 0 Å². The molecule has 1 nitrogen and oxygen atoms in total. The van der Waals surface area contributed by atoms with Gasteiger partial charge in [-0.05, 0) is 0 Å². The Labute approximate surface area is 199 Å². The molecule has 2 heteroatoms. The zero-order valence-corrected chi connectivity index (χ0v) is 24.3. The summed E-state index contributed by atoms with van der Waals surface area (Å²) in [5.74, 6) is 2.69. The van der Waals surface area contributed by atoms with Crippen LogP contribution in [-0.2, 0) is 4.79 Å². The van der Waals surface area contributed by atoms with Crippen molar-refractivity contribution < 1.29 is 4.79 Å². The van der Waals surface area contributed by atoms with Crippen molar-refractivity contribution in [3.63, 3.8) is 0 Å². The van der Waals surface area contributed by atoms with Crippen LogP contribution in [0.3, 0.4) is 0 Å². The predicted molar refractivity (Wildman–Crippen MR) is 143 cm³/mol. The predicted octanol–water partition coefficient (Wildman–Crippen LogP) is 9.37. The van der Waals surface area contributed by atoms with Crippen molar-refractivity contribution in [3.05, 3.63) is 35.5 Å². The first kappa shape index (κ1) is 30.2. The number of hydrogen-bond donors (Lipinski definition) is 0. The summed E-state index contributed by atoms with van der Waals surface area (Å²) in [4.78, 5) is 13.4. The molecule has 0 aromatic rings. The number of allylic oxidation sites excluding steroid dienone is 6. The second kappa shape index (κ2) is 19.9. The van der Waals surface area contributed by atoms with Crippen LogP contribution in [0.2, 0.25) is 13.3 Å². The maximum atomic E-state index is 13.4. The quantitative estimate of drug-likeness (QED) is 0.0532. The molecule has 0 aliphatic carbocycles. The number of unbranched alkanes of at least 4 members (excludes halogenated alkanes) is 4. The molecule has 0 radical (unpaired) electrons. The second-order valence-corrected chi connectivity index (χ2v) is 22.3. The van der Waals surface area contributed by atoms with E-state index in [2.05, 4.69) is 58.8 Å². The Morgan fingerprint density at radius 1 is 0.806 bits per heavy atom. The molecule has 0 bridgehead atoms. The van der Waals surface area contributed by atoms with Gasteiger partial charge in [0.05, 0.1) is 0 Å². The molecule has 0 amide bonds. The van der Waals surface area contributed by atoms with Gasteiger partial charge in [0.15, 0.2) is 0 Å². The minimum atomic E-state index is -2.73. The van der Waals surface area contributed by atoms with Crippen LogP contribution in [0.15, 0.2) is 35.5 Å². The van der Waals surface area contributed by atoms with Crippen LogP contribution in [0.4, 0.5) is 0 Å². The molecule has 0 aliphatic heterocycles. The first-order valence-corrected chi connectivity index (χ1v) is 20.4. The Morgan fingerprint density at radius 2 is 1.29 bits per heavy atom. The molecule has 0 unspecified atom stereocenters. The Balaban J connectivity index is 4.73. The second-order valence-electron chi connectivity index (χ2n) is 9.28. The van der Waals surface area contributed by atoms with Gasteiger partial charge in [0, 0.05) is 6.42 Å². The average molecular weight is 533 g/mol. The average Bonchev–Trinajstić information content (AvgIpc) is 2.76. The number of carbonyl (C=O) groups excluding carboxylic acids is 1. The molecule has 0 saturated carbocycles. The van der Waals surface area contributed by atoms with E-state index in [0.29, 0.717) is 3.80 Å². The standard InChI is InChI=1S/C17H23O.3C4H9.Sn/c1-4-5-7-11-16(2)13-10-14-17(3)12-8-6-9-15-18;3*1-3-4-2;/h1,6,9,11,14H,5,7-8,10,12-13H2,2-3H3;3*1,3-4H2,2H3;/b9-6+,16-11+,17-14+;;;;. The molecule has 0 atom stereocenters. The molecule has 0 aliphatic rings. The topological polar surface area (TPSA) is 17.1 Å². The Morgan fingerprint density at radius 3 is 1.77 bits per heavy atom. The van der Waals surface area contributed by atoms with Gasteiger partial charge in [-0.3, -0.25) is 0 Å². The van der Waals surface area contributed by atoms with Gasteiger partial charge >= 0.3 is 181 Å². The third kappa shape index (κ3) is 14.8. The van der Waals surface area contributed by atoms with Crippen LogP contribution in [0.1, 0.15) is 112 Å². The first-order valence-electron chi connectivity index (χ1n) is 12.9. The van der Waals surface area contributed by atoms with E-state index in [9.17, 15) is 4.79 Å². The number of hydrogen-bond acceptors (Lipinski definition) is 1. The summed E-state index contributed by atoms with van der Waals surface area (Å²) in [6, 6.07) is 0. The zero-order chi connectivity index (χ0) is 23.4. The molecule has 0 aromatic heterocycles. The van der Waals surface area contributed by atoms with E-state index in [4.69, 9.17) is 6.42 Å². The maximum absolute atomic E-state index is 13.4. The zero-order valence-electron chi connectivity index (χ0n) is 21.4. The molecular weight excluding hydrogens is 483 g/mol. The fourth-order valence-corrected chi connectivity index (χ4v) is 18.5. The van der Waals surface area contributed by atoms with Gasteiger partial charge in [-0.2, -0.15) is 0 Å². The molecule has 0 heterocycles. The van der Waals surface area contributed by atoms with Gasteiger partial charge in [-0.1, -0.05) is 0 Å². The van der Waals surface area contributed by atoms with Crippen molar-refractivity contribution in [2.45, 2.75) is 125 Å². The summed E-state index contributed by atoms with van der Waals surface area (Å²) in [5.41, 5.74) is 2.87. The van der Waals surface area contributed by atoms with E-state index in [1.54, 1.807) is 0 Å². The normalized spacial score (nSPS) is 13.0. The molecule has 0 spiro atoms. The third-order valence-electron chi connectivity index (χ3n) is 6.34. The first-order chi connectivity index (χ1) is 15.0. The van der Waals surface area contributed by atoms with Gasteiger partial charge in [0.2, 0.25) is 0 Å². The Hall–Kier alpha value is -0.751. The van der Waals surface area contributed by atoms with Crippen LogP contribution in [-0.4, -0.2) is 22.2 Å². The molecular formula is C29H50OSn. The summed E-state index contributed by atoms with van der Waals surface area (Å²) >= 11 is -2.73. The molecule has 0 aromatic carbocycles. The molecule has 31 heavy (non-hydrogen) atoms. The van der Waals surface area contributed by atoms with Gasteiger partial charge in [-0.15, -0.1) is 12.3 Å². The summed E-state index contributed by atoms with van der Waals surface area (Å²) < 4.78 is 4.39. The van der Waals surface area contributed by atoms with E-state index in [-0.39, 0.29) is 0 Å². The summed E-state index contributed by atoms with van der Waals surface area (Å²) in [6.45, 7) is 11.2. The SMILES string of the molecule is C#CCC/C=C(\C)CC/C=C(\C)CC/C=C/[C](=O)[Sn]([CH2]CCC)([CH2]CCC)[CH2]CCC. The third-order valence-corrected chi connectivity index (χ3v) is 21.0. The molecule has 0 saturated heterocycles. The van der Waals surface area contributed by atoms with E-state index >= 15 is 0 Å². The van der Waals surface area contributed by atoms with E-state index in [1.165, 1.54) is 63.0 Å². The summed E-state index contributed by atoms with van der Waals surface area (Å²) in [7, 11) is 0. The van der Waals surface area contributed by atoms with Crippen LogP contribution < -0.4 is 0 Å². The van der Waals surface area contributed by atoms with Gasteiger partial charge in [0.25, 0.3) is 0 Å². The summed E-state index contributed by atoms with van der Waals surface area (Å²) in [6.07, 6.45) is 27.6. The molecule has 0 rings (SSSR count). The van der Waals surface area contributed by atoms with Crippen LogP contribution in [0, 0.1) is 12.3 Å². The number of terminal acetylenes is 1. The van der Waals surface area contributed by atoms with Crippen molar-refractivity contribution in [1.82, 2.24) is 0 Å². The van der Waals surface area contributed by atoms with E-state index in [0.717, 1.165) is 38.5 Å². The summed E-state index contributed by atoms with van der Waals surface area (Å²) in [5, 5.41) is 0. The molecule has 176 valence electrons. The monoisotopic (exact) mass is 534 g/mol. The Bertz CT molecular complexity index is 581. The van der Waals surface area contributed by atoms with Crippen LogP contribution in [0.25, 0.3) is 0 Å². The molecule has 0 N–H and O–H groups in total. The number of carbonyl (C=O) groups is 1. The van der Waals surface area contributed by atoms with Gasteiger partial charge < -0.3 is 0 Å². The van der Waals surface area contributed by atoms with Crippen LogP contribution in [0.5, 0.6) is 0 Å². The number of rotatable bonds is 19. The minimum absolute atomic E-state index is 0.596. The van der Waals surface area contributed by atoms with Crippen molar-refractivity contribution in [3.8, 4) is 12.3 Å². The fourth-order valence-electron chi connectivity index (χ4n) is 4.12. The van der Waals surface area contributed by atoms with Crippen LogP contribution >= 0.6 is 0 Å². The molecule has 0 fully saturated rings.